The zero-order valence-electron chi connectivity index (χ0n) is 10.7. The minimum Gasteiger partial charge on any atom is -0.398 e. The average molecular weight is 261 g/mol. The summed E-state index contributed by atoms with van der Waals surface area (Å²) in [6, 6.07) is 2.75. The molecule has 5 N–H and O–H groups in total. The molecule has 7 nitrogen and oxygen atoms in total. The summed E-state index contributed by atoms with van der Waals surface area (Å²) in [5.74, 6) is -0.333. The molecule has 1 saturated heterocycles. The van der Waals surface area contributed by atoms with Crippen LogP contribution < -0.4 is 26.6 Å². The molecule has 2 unspecified atom stereocenters. The number of fused-ring (bicyclic) bond motifs is 2. The van der Waals surface area contributed by atoms with Gasteiger partial charge in [0.2, 0.25) is 0 Å². The van der Waals surface area contributed by atoms with Gasteiger partial charge in [0.1, 0.15) is 12.2 Å². The van der Waals surface area contributed by atoms with E-state index in [0.717, 1.165) is 16.9 Å². The highest BCUT2D eigenvalue weighted by Gasteiger charge is 2.41. The minimum absolute atomic E-state index is 0.333. The maximum atomic E-state index is 11.9. The number of aryl methyl sites for hydroxylation is 1. The molecule has 2 aliphatic rings. The summed E-state index contributed by atoms with van der Waals surface area (Å²) in [6.45, 7) is 1.91. The number of nitrogens with zero attached hydrogens (tertiary/aromatic N) is 1. The van der Waals surface area contributed by atoms with Crippen molar-refractivity contribution in [2.75, 3.05) is 23.0 Å². The van der Waals surface area contributed by atoms with Crippen LogP contribution >= 0.6 is 0 Å². The summed E-state index contributed by atoms with van der Waals surface area (Å²) in [6.07, 6.45) is -0.421. The maximum absolute atomic E-state index is 11.9. The number of nitrogen functional groups attached to an aromatic ring is 1. The Bertz CT molecular complexity index is 586. The molecular weight excluding hydrogens is 246 g/mol. The van der Waals surface area contributed by atoms with Gasteiger partial charge in [-0.1, -0.05) is 0 Å². The summed E-state index contributed by atoms with van der Waals surface area (Å²) >= 11 is 0. The van der Waals surface area contributed by atoms with Gasteiger partial charge in [0.05, 0.1) is 11.4 Å². The number of nitrogens with two attached hydrogens (primary N) is 1. The molecular formula is C12H15N5O2. The second-order valence-corrected chi connectivity index (χ2v) is 4.87. The normalized spacial score (nSPS) is 24.8. The summed E-state index contributed by atoms with van der Waals surface area (Å²) in [5.41, 5.74) is 9.22. The van der Waals surface area contributed by atoms with Gasteiger partial charge in [-0.2, -0.15) is 0 Å². The van der Waals surface area contributed by atoms with E-state index in [0.29, 0.717) is 5.69 Å². The van der Waals surface area contributed by atoms with Crippen molar-refractivity contribution < 1.29 is 9.59 Å². The molecule has 2 aliphatic heterocycles. The topological polar surface area (TPSA) is 99.5 Å². The Balaban J connectivity index is 2.07. The lowest BCUT2D eigenvalue weighted by molar-refractivity contribution is -0.122. The highest BCUT2D eigenvalue weighted by Crippen LogP contribution is 2.36. The van der Waals surface area contributed by atoms with E-state index in [1.807, 2.05) is 31.0 Å². The van der Waals surface area contributed by atoms with Crippen molar-refractivity contribution in [3.8, 4) is 0 Å². The first-order valence-electron chi connectivity index (χ1n) is 5.98. The number of likely N-dealkylation sites (N-methyl/N-ethyl adjacent to an activating group) is 1. The Morgan fingerprint density at radius 2 is 2.00 bits per heavy atom. The number of carbonyl (C=O) groups is 2. The van der Waals surface area contributed by atoms with Crippen molar-refractivity contribution in [1.82, 2.24) is 10.6 Å². The molecule has 0 aliphatic carbocycles. The first-order chi connectivity index (χ1) is 8.97. The summed E-state index contributed by atoms with van der Waals surface area (Å²) < 4.78 is 0. The number of imide groups is 1. The molecule has 0 bridgehead atoms. The van der Waals surface area contributed by atoms with Crippen LogP contribution in [0.15, 0.2) is 12.1 Å². The Hall–Kier alpha value is -2.44. The number of hydrogen-bond donors (Lipinski definition) is 4. The largest absolute Gasteiger partial charge is 0.398 e. The summed E-state index contributed by atoms with van der Waals surface area (Å²) in [7, 11) is 1.82. The number of nitrogens with one attached hydrogen (secondary N) is 3. The molecule has 7 heteroatoms. The predicted octanol–water partition coefficient (Wildman–Crippen LogP) is -0.0270. The fraction of sp³-hybridized carbons (Fsp3) is 0.333. The second kappa shape index (κ2) is 3.78. The molecule has 0 spiro atoms. The minimum atomic E-state index is -0.516. The highest BCUT2D eigenvalue weighted by atomic mass is 16.2. The third-order valence-corrected chi connectivity index (χ3v) is 3.61. The van der Waals surface area contributed by atoms with Gasteiger partial charge in [0.15, 0.2) is 0 Å². The van der Waals surface area contributed by atoms with Crippen LogP contribution in [0.3, 0.4) is 0 Å². The molecule has 3 amide bonds. The fourth-order valence-electron chi connectivity index (χ4n) is 2.49. The molecule has 100 valence electrons. The quantitative estimate of drug-likeness (QED) is 0.492. The van der Waals surface area contributed by atoms with E-state index in [-0.39, 0.29) is 5.91 Å². The number of carbonyl (C=O) groups excluding carboxylic acids is 2. The van der Waals surface area contributed by atoms with E-state index >= 15 is 0 Å². The van der Waals surface area contributed by atoms with Crippen LogP contribution in [0.2, 0.25) is 0 Å². The van der Waals surface area contributed by atoms with Crippen molar-refractivity contribution in [2.24, 2.45) is 0 Å². The molecule has 0 saturated carbocycles. The van der Waals surface area contributed by atoms with Crippen LogP contribution in [0.5, 0.6) is 0 Å². The predicted molar refractivity (Wildman–Crippen MR) is 71.9 cm³/mol. The first kappa shape index (κ1) is 11.6. The molecule has 2 heterocycles. The van der Waals surface area contributed by atoms with E-state index in [1.54, 1.807) is 0 Å². The Morgan fingerprint density at radius 3 is 2.74 bits per heavy atom. The van der Waals surface area contributed by atoms with Crippen LogP contribution in [0.1, 0.15) is 5.56 Å². The first-order valence-corrected chi connectivity index (χ1v) is 5.98. The molecule has 0 radical (unpaired) electrons. The lowest BCUT2D eigenvalue weighted by Gasteiger charge is -2.44. The molecule has 3 rings (SSSR count). The number of hydrogen-bond acceptors (Lipinski definition) is 5. The van der Waals surface area contributed by atoms with Gasteiger partial charge in [0, 0.05) is 12.7 Å². The van der Waals surface area contributed by atoms with Crippen molar-refractivity contribution in [2.45, 2.75) is 19.1 Å². The fourth-order valence-corrected chi connectivity index (χ4v) is 2.49. The van der Waals surface area contributed by atoms with Gasteiger partial charge in [-0.3, -0.25) is 10.1 Å². The molecule has 1 aromatic rings. The third kappa shape index (κ3) is 1.66. The van der Waals surface area contributed by atoms with Gasteiger partial charge in [0.25, 0.3) is 5.91 Å². The Morgan fingerprint density at radius 1 is 1.26 bits per heavy atom. The van der Waals surface area contributed by atoms with E-state index in [2.05, 4.69) is 16.0 Å². The van der Waals surface area contributed by atoms with Crippen LogP contribution in [0, 0.1) is 6.92 Å². The van der Waals surface area contributed by atoms with E-state index in [1.165, 1.54) is 0 Å². The standard InChI is InChI=1S/C12H15N5O2/c1-5-3-7-8(4-6(5)13)17(2)10-9(14-7)11(18)16-12(19)15-10/h3-4,9-10,14H,13H2,1-2H3,(H2,15,16,18,19). The van der Waals surface area contributed by atoms with Crippen LogP contribution in [0.25, 0.3) is 0 Å². The van der Waals surface area contributed by atoms with Gasteiger partial charge in [-0.05, 0) is 24.6 Å². The van der Waals surface area contributed by atoms with Gasteiger partial charge in [-0.25, -0.2) is 4.79 Å². The van der Waals surface area contributed by atoms with Crippen LogP contribution in [-0.2, 0) is 4.79 Å². The Kier molecular flexibility index (Phi) is 2.31. The zero-order chi connectivity index (χ0) is 13.7. The molecule has 1 aromatic carbocycles. The van der Waals surface area contributed by atoms with Crippen molar-refractivity contribution in [3.63, 3.8) is 0 Å². The summed E-state index contributed by atoms with van der Waals surface area (Å²) in [5, 5.41) is 8.12. The van der Waals surface area contributed by atoms with E-state index < -0.39 is 18.2 Å². The average Bonchev–Trinajstić information content (AvgIpc) is 2.34. The maximum Gasteiger partial charge on any atom is 0.323 e. The van der Waals surface area contributed by atoms with Crippen LogP contribution in [0.4, 0.5) is 21.9 Å². The number of rotatable bonds is 0. The number of anilines is 3. The van der Waals surface area contributed by atoms with Crippen LogP contribution in [-0.4, -0.2) is 31.2 Å². The number of benzene rings is 1. The summed E-state index contributed by atoms with van der Waals surface area (Å²) in [4.78, 5) is 25.1. The second-order valence-electron chi connectivity index (χ2n) is 4.87. The van der Waals surface area contributed by atoms with Crippen molar-refractivity contribution >= 4 is 29.0 Å². The smallest absolute Gasteiger partial charge is 0.323 e. The Labute approximate surface area is 110 Å². The zero-order valence-corrected chi connectivity index (χ0v) is 10.7. The third-order valence-electron chi connectivity index (χ3n) is 3.61. The van der Waals surface area contributed by atoms with E-state index in [4.69, 9.17) is 5.73 Å². The van der Waals surface area contributed by atoms with Gasteiger partial charge >= 0.3 is 6.03 Å². The van der Waals surface area contributed by atoms with Crippen molar-refractivity contribution in [3.05, 3.63) is 17.7 Å². The van der Waals surface area contributed by atoms with Crippen molar-refractivity contribution in [1.29, 1.82) is 0 Å². The lowest BCUT2D eigenvalue weighted by Crippen LogP contribution is -2.70. The van der Waals surface area contributed by atoms with E-state index in [9.17, 15) is 9.59 Å². The van der Waals surface area contributed by atoms with Gasteiger partial charge < -0.3 is 21.3 Å². The number of urea groups is 1. The molecule has 0 aromatic heterocycles. The highest BCUT2D eigenvalue weighted by molar-refractivity contribution is 6.03. The molecule has 1 fully saturated rings. The SMILES string of the molecule is Cc1cc2c(cc1N)N(C)C1NC(=O)NC(=O)C1N2. The molecule has 19 heavy (non-hydrogen) atoms. The van der Waals surface area contributed by atoms with Gasteiger partial charge in [-0.15, -0.1) is 0 Å². The number of amides is 3. The molecule has 2 atom stereocenters. The lowest BCUT2D eigenvalue weighted by atomic mass is 10.0. The monoisotopic (exact) mass is 261 g/mol.